The van der Waals surface area contributed by atoms with E-state index < -0.39 is 10.7 Å². The fourth-order valence-corrected chi connectivity index (χ4v) is 2.43. The Morgan fingerprint density at radius 2 is 2.09 bits per heavy atom. The Morgan fingerprint density at radius 1 is 1.36 bits per heavy atom. The number of nitro benzene ring substituents is 1. The van der Waals surface area contributed by atoms with Crippen molar-refractivity contribution < 1.29 is 14.8 Å². The fourth-order valence-electron chi connectivity index (χ4n) is 1.90. The molecule has 0 saturated carbocycles. The van der Waals surface area contributed by atoms with Gasteiger partial charge >= 0.3 is 5.69 Å². The van der Waals surface area contributed by atoms with E-state index >= 15 is 0 Å². The van der Waals surface area contributed by atoms with Gasteiger partial charge in [0.15, 0.2) is 0 Å². The summed E-state index contributed by atoms with van der Waals surface area (Å²) < 4.78 is 5.87. The molecular weight excluding hydrogens is 352 g/mol. The number of nitro groups is 1. The van der Waals surface area contributed by atoms with Crippen LogP contribution < -0.4 is 4.74 Å². The summed E-state index contributed by atoms with van der Waals surface area (Å²) in [4.78, 5) is 14.5. The minimum absolute atomic E-state index is 0.290. The minimum Gasteiger partial charge on any atom is -0.502 e. The van der Waals surface area contributed by atoms with Crippen molar-refractivity contribution in [2.75, 3.05) is 7.11 Å². The van der Waals surface area contributed by atoms with Gasteiger partial charge in [-0.2, -0.15) is 0 Å². The summed E-state index contributed by atoms with van der Waals surface area (Å²) in [7, 11) is 1.56. The molecule has 0 aliphatic heterocycles. The molecule has 114 valence electrons. The third kappa shape index (κ3) is 3.43. The van der Waals surface area contributed by atoms with E-state index in [9.17, 15) is 15.2 Å². The largest absolute Gasteiger partial charge is 0.502 e. The van der Waals surface area contributed by atoms with Crippen LogP contribution in [0.25, 0.3) is 0 Å². The Morgan fingerprint density at radius 3 is 2.68 bits per heavy atom. The molecule has 0 amide bonds. The first kappa shape index (κ1) is 16.0. The maximum absolute atomic E-state index is 10.9. The van der Waals surface area contributed by atoms with E-state index in [2.05, 4.69) is 20.9 Å². The highest BCUT2D eigenvalue weighted by atomic mass is 79.9. The predicted molar refractivity (Wildman–Crippen MR) is 87.4 cm³/mol. The Hall–Kier alpha value is -2.41. The number of aryl methyl sites for hydroxylation is 1. The SMILES string of the molecule is COc1ccc(N=Cc2cc(C)cc([N+](=O)[O-])c2O)cc1Br. The van der Waals surface area contributed by atoms with Crippen LogP contribution in [0.4, 0.5) is 11.4 Å². The molecule has 7 heteroatoms. The highest BCUT2D eigenvalue weighted by Gasteiger charge is 2.16. The highest BCUT2D eigenvalue weighted by molar-refractivity contribution is 9.10. The molecule has 0 heterocycles. The zero-order valence-corrected chi connectivity index (χ0v) is 13.5. The summed E-state index contributed by atoms with van der Waals surface area (Å²) in [6, 6.07) is 8.17. The van der Waals surface area contributed by atoms with Gasteiger partial charge in [-0.3, -0.25) is 15.1 Å². The molecule has 0 aliphatic carbocycles. The fraction of sp³-hybridized carbons (Fsp3) is 0.133. The van der Waals surface area contributed by atoms with Crippen molar-refractivity contribution in [1.29, 1.82) is 0 Å². The Labute approximate surface area is 135 Å². The van der Waals surface area contributed by atoms with Gasteiger partial charge in [-0.15, -0.1) is 0 Å². The lowest BCUT2D eigenvalue weighted by Gasteiger charge is -2.04. The van der Waals surface area contributed by atoms with Crippen LogP contribution in [0.3, 0.4) is 0 Å². The van der Waals surface area contributed by atoms with E-state index in [4.69, 9.17) is 4.74 Å². The molecule has 1 N–H and O–H groups in total. The van der Waals surface area contributed by atoms with Crippen molar-refractivity contribution in [3.8, 4) is 11.5 Å². The van der Waals surface area contributed by atoms with Crippen LogP contribution in [0, 0.1) is 17.0 Å². The smallest absolute Gasteiger partial charge is 0.311 e. The van der Waals surface area contributed by atoms with E-state index in [1.165, 1.54) is 12.3 Å². The average molecular weight is 365 g/mol. The summed E-state index contributed by atoms with van der Waals surface area (Å²) in [6.45, 7) is 1.72. The Kier molecular flexibility index (Phi) is 4.77. The van der Waals surface area contributed by atoms with E-state index in [1.807, 2.05) is 0 Å². The molecule has 0 aliphatic rings. The second-order valence-corrected chi connectivity index (χ2v) is 5.41. The van der Waals surface area contributed by atoms with Crippen molar-refractivity contribution in [2.24, 2.45) is 4.99 Å². The second kappa shape index (κ2) is 6.57. The first-order valence-corrected chi connectivity index (χ1v) is 7.07. The van der Waals surface area contributed by atoms with Crippen molar-refractivity contribution in [1.82, 2.24) is 0 Å². The summed E-state index contributed by atoms with van der Waals surface area (Å²) in [5.41, 5.74) is 1.24. The van der Waals surface area contributed by atoms with Crippen LogP contribution in [0.1, 0.15) is 11.1 Å². The Balaban J connectivity index is 2.38. The highest BCUT2D eigenvalue weighted by Crippen LogP contribution is 2.32. The van der Waals surface area contributed by atoms with E-state index in [-0.39, 0.29) is 5.69 Å². The van der Waals surface area contributed by atoms with Gasteiger partial charge in [-0.25, -0.2) is 0 Å². The third-order valence-corrected chi connectivity index (χ3v) is 3.57. The van der Waals surface area contributed by atoms with Gasteiger partial charge in [-0.05, 0) is 52.7 Å². The molecule has 0 bridgehead atoms. The van der Waals surface area contributed by atoms with Gasteiger partial charge in [0.2, 0.25) is 5.75 Å². The number of aliphatic imine (C=N–C) groups is 1. The zero-order chi connectivity index (χ0) is 16.3. The van der Waals surface area contributed by atoms with Gasteiger partial charge in [0, 0.05) is 17.8 Å². The Bertz CT molecular complexity index is 759. The molecule has 0 unspecified atom stereocenters. The molecule has 6 nitrogen and oxygen atoms in total. The van der Waals surface area contributed by atoms with Gasteiger partial charge < -0.3 is 9.84 Å². The lowest BCUT2D eigenvalue weighted by Crippen LogP contribution is -1.93. The van der Waals surface area contributed by atoms with Crippen LogP contribution in [-0.4, -0.2) is 23.4 Å². The van der Waals surface area contributed by atoms with Crippen molar-refractivity contribution >= 4 is 33.5 Å². The lowest BCUT2D eigenvalue weighted by atomic mass is 10.1. The van der Waals surface area contributed by atoms with Crippen LogP contribution in [0.5, 0.6) is 11.5 Å². The number of aromatic hydroxyl groups is 1. The number of hydrogen-bond donors (Lipinski definition) is 1. The molecule has 2 rings (SSSR count). The average Bonchev–Trinajstić information content (AvgIpc) is 2.47. The van der Waals surface area contributed by atoms with Crippen molar-refractivity contribution in [3.63, 3.8) is 0 Å². The number of methoxy groups -OCH3 is 1. The van der Waals surface area contributed by atoms with Crippen LogP contribution in [0.2, 0.25) is 0 Å². The van der Waals surface area contributed by atoms with Gasteiger partial charge in [0.25, 0.3) is 0 Å². The number of benzene rings is 2. The van der Waals surface area contributed by atoms with E-state index in [0.29, 0.717) is 22.6 Å². The monoisotopic (exact) mass is 364 g/mol. The molecule has 22 heavy (non-hydrogen) atoms. The predicted octanol–water partition coefficient (Wildman–Crippen LogP) is 4.13. The summed E-state index contributed by atoms with van der Waals surface area (Å²) in [5.74, 6) is 0.278. The molecule has 0 atom stereocenters. The summed E-state index contributed by atoms with van der Waals surface area (Å²) >= 11 is 3.35. The standard InChI is InChI=1S/C15H13BrN2O4/c1-9-5-10(15(19)13(6-9)18(20)21)8-17-11-3-4-14(22-2)12(16)7-11/h3-8,19H,1-2H3. The molecule has 0 spiro atoms. The molecule has 0 saturated heterocycles. The van der Waals surface area contributed by atoms with Crippen molar-refractivity contribution in [3.05, 3.63) is 56.0 Å². The van der Waals surface area contributed by atoms with Crippen LogP contribution in [-0.2, 0) is 0 Å². The molecular formula is C15H13BrN2O4. The molecule has 2 aromatic rings. The number of rotatable bonds is 4. The molecule has 2 aromatic carbocycles. The number of nitrogens with zero attached hydrogens (tertiary/aromatic N) is 2. The van der Waals surface area contributed by atoms with E-state index in [0.717, 1.165) is 4.47 Å². The molecule has 0 radical (unpaired) electrons. The maximum atomic E-state index is 10.9. The van der Waals surface area contributed by atoms with Gasteiger partial charge in [0.05, 0.1) is 22.2 Å². The molecule has 0 fully saturated rings. The number of phenolic OH excluding ortho intramolecular Hbond substituents is 1. The number of ether oxygens (including phenoxy) is 1. The normalized spacial score (nSPS) is 10.9. The van der Waals surface area contributed by atoms with Crippen molar-refractivity contribution in [2.45, 2.75) is 6.92 Å². The van der Waals surface area contributed by atoms with Crippen LogP contribution in [0.15, 0.2) is 39.8 Å². The topological polar surface area (TPSA) is 85.0 Å². The number of phenols is 1. The summed E-state index contributed by atoms with van der Waals surface area (Å²) in [6.07, 6.45) is 1.39. The summed E-state index contributed by atoms with van der Waals surface area (Å²) in [5, 5.41) is 20.8. The van der Waals surface area contributed by atoms with Gasteiger partial charge in [0.1, 0.15) is 5.75 Å². The van der Waals surface area contributed by atoms with E-state index in [1.54, 1.807) is 38.3 Å². The zero-order valence-electron chi connectivity index (χ0n) is 11.9. The van der Waals surface area contributed by atoms with Gasteiger partial charge in [-0.1, -0.05) is 0 Å². The second-order valence-electron chi connectivity index (χ2n) is 4.56. The first-order chi connectivity index (χ1) is 10.4. The molecule has 0 aromatic heterocycles. The minimum atomic E-state index is -0.621. The third-order valence-electron chi connectivity index (χ3n) is 2.95. The maximum Gasteiger partial charge on any atom is 0.311 e. The first-order valence-electron chi connectivity index (χ1n) is 6.28. The number of halogens is 1. The number of hydrogen-bond acceptors (Lipinski definition) is 5. The van der Waals surface area contributed by atoms with Crippen LogP contribution >= 0.6 is 15.9 Å². The quantitative estimate of drug-likeness (QED) is 0.502. The lowest BCUT2D eigenvalue weighted by molar-refractivity contribution is -0.385.